The standard InChI is InChI=1S/C20H25FN6.H2/c1-12(2)17(22)13-5-4-10-27(11-13)16-8-7-15(21)19(24-16)18-14-6-3-9-23-20(14)26-25-18;/h3,6-9,12-13,17H,4-5,10-11,22H2,1-2H3,(H,23,25,26);1H/t13-,17?;/m0./s1. The van der Waals surface area contributed by atoms with Crippen molar-refractivity contribution in [2.45, 2.75) is 32.7 Å². The molecule has 27 heavy (non-hydrogen) atoms. The summed E-state index contributed by atoms with van der Waals surface area (Å²) in [6.45, 7) is 6.08. The zero-order valence-corrected chi connectivity index (χ0v) is 15.7. The SMILES string of the molecule is CC(C)C(N)[C@H]1CCCN(c2ccc(F)c(-c3[nH]nc4ncccc34)n2)C1.[HH]. The number of hydrogen-bond donors (Lipinski definition) is 2. The molecule has 4 heterocycles. The third kappa shape index (κ3) is 3.39. The third-order valence-corrected chi connectivity index (χ3v) is 5.49. The summed E-state index contributed by atoms with van der Waals surface area (Å²) >= 11 is 0. The van der Waals surface area contributed by atoms with Crippen molar-refractivity contribution >= 4 is 16.9 Å². The largest absolute Gasteiger partial charge is 0.356 e. The minimum atomic E-state index is -0.374. The second-order valence-corrected chi connectivity index (χ2v) is 7.64. The fraction of sp³-hybridized carbons (Fsp3) is 0.450. The van der Waals surface area contributed by atoms with Crippen LogP contribution in [0.15, 0.2) is 30.5 Å². The summed E-state index contributed by atoms with van der Waals surface area (Å²) in [5.74, 6) is 1.26. The predicted molar refractivity (Wildman–Crippen MR) is 107 cm³/mol. The van der Waals surface area contributed by atoms with E-state index in [0.717, 1.165) is 37.1 Å². The molecule has 3 N–H and O–H groups in total. The third-order valence-electron chi connectivity index (χ3n) is 5.49. The van der Waals surface area contributed by atoms with Gasteiger partial charge in [0.1, 0.15) is 11.5 Å². The monoisotopic (exact) mass is 370 g/mol. The number of pyridine rings is 2. The maximum Gasteiger partial charge on any atom is 0.181 e. The van der Waals surface area contributed by atoms with Crippen LogP contribution < -0.4 is 10.6 Å². The van der Waals surface area contributed by atoms with Crippen molar-refractivity contribution in [2.75, 3.05) is 18.0 Å². The zero-order chi connectivity index (χ0) is 19.0. The topological polar surface area (TPSA) is 83.7 Å². The number of aromatic amines is 1. The maximum absolute atomic E-state index is 14.6. The molecule has 0 saturated carbocycles. The molecule has 1 saturated heterocycles. The first kappa shape index (κ1) is 17.9. The molecule has 7 heteroatoms. The average molecular weight is 370 g/mol. The molecule has 0 aromatic carbocycles. The van der Waals surface area contributed by atoms with Crippen LogP contribution in [0.1, 0.15) is 28.1 Å². The Morgan fingerprint density at radius 2 is 2.19 bits per heavy atom. The normalized spacial score (nSPS) is 19.0. The predicted octanol–water partition coefficient (Wildman–Crippen LogP) is 3.60. The van der Waals surface area contributed by atoms with Crippen LogP contribution in [0.5, 0.6) is 0 Å². The van der Waals surface area contributed by atoms with Gasteiger partial charge in [0, 0.05) is 32.1 Å². The van der Waals surface area contributed by atoms with Gasteiger partial charge >= 0.3 is 0 Å². The first-order valence-electron chi connectivity index (χ1n) is 9.51. The molecule has 0 spiro atoms. The lowest BCUT2D eigenvalue weighted by molar-refractivity contribution is 0.296. The number of nitrogens with one attached hydrogen (secondary N) is 1. The lowest BCUT2D eigenvalue weighted by atomic mass is 9.85. The van der Waals surface area contributed by atoms with Gasteiger partial charge in [0.25, 0.3) is 0 Å². The van der Waals surface area contributed by atoms with Crippen molar-refractivity contribution < 1.29 is 5.82 Å². The molecular weight excluding hydrogens is 343 g/mol. The number of aromatic nitrogens is 4. The Kier molecular flexibility index (Phi) is 4.78. The fourth-order valence-corrected chi connectivity index (χ4v) is 3.89. The van der Waals surface area contributed by atoms with E-state index in [1.165, 1.54) is 6.07 Å². The molecule has 3 aromatic rings. The lowest BCUT2D eigenvalue weighted by Crippen LogP contribution is -2.46. The van der Waals surface area contributed by atoms with Gasteiger partial charge in [-0.15, -0.1) is 0 Å². The maximum atomic E-state index is 14.6. The van der Waals surface area contributed by atoms with E-state index in [2.05, 4.69) is 38.9 Å². The molecule has 144 valence electrons. The van der Waals surface area contributed by atoms with Gasteiger partial charge < -0.3 is 10.6 Å². The minimum absolute atomic E-state index is 0. The van der Waals surface area contributed by atoms with Crippen molar-refractivity contribution in [3.05, 3.63) is 36.3 Å². The molecule has 1 aliphatic rings. The second kappa shape index (κ2) is 7.23. The van der Waals surface area contributed by atoms with Crippen LogP contribution in [0, 0.1) is 17.7 Å². The molecule has 0 radical (unpaired) electrons. The molecule has 6 nitrogen and oxygen atoms in total. The molecule has 0 aliphatic carbocycles. The average Bonchev–Trinajstić information content (AvgIpc) is 3.12. The molecule has 4 rings (SSSR count). The van der Waals surface area contributed by atoms with Crippen LogP contribution in [0.25, 0.3) is 22.4 Å². The number of nitrogens with zero attached hydrogens (tertiary/aromatic N) is 4. The fourth-order valence-electron chi connectivity index (χ4n) is 3.89. The zero-order valence-electron chi connectivity index (χ0n) is 15.7. The summed E-state index contributed by atoms with van der Waals surface area (Å²) in [6.07, 6.45) is 3.86. The van der Waals surface area contributed by atoms with E-state index in [9.17, 15) is 4.39 Å². The highest BCUT2D eigenvalue weighted by molar-refractivity contribution is 5.89. The van der Waals surface area contributed by atoms with E-state index < -0.39 is 0 Å². The van der Waals surface area contributed by atoms with Gasteiger partial charge in [-0.2, -0.15) is 5.10 Å². The van der Waals surface area contributed by atoms with E-state index >= 15 is 0 Å². The molecule has 0 bridgehead atoms. The first-order chi connectivity index (χ1) is 13.0. The first-order valence-corrected chi connectivity index (χ1v) is 9.51. The Hall–Kier alpha value is -2.54. The van der Waals surface area contributed by atoms with E-state index in [0.29, 0.717) is 23.2 Å². The molecule has 1 unspecified atom stereocenters. The smallest absolute Gasteiger partial charge is 0.181 e. The summed E-state index contributed by atoms with van der Waals surface area (Å²) in [4.78, 5) is 11.1. The number of H-pyrrole nitrogens is 1. The van der Waals surface area contributed by atoms with Gasteiger partial charge in [0.15, 0.2) is 11.5 Å². The minimum Gasteiger partial charge on any atom is -0.356 e. The summed E-state index contributed by atoms with van der Waals surface area (Å²) in [7, 11) is 0. The van der Waals surface area contributed by atoms with Gasteiger partial charge in [0.2, 0.25) is 0 Å². The quantitative estimate of drug-likeness (QED) is 0.733. The van der Waals surface area contributed by atoms with Gasteiger partial charge in [0.05, 0.1) is 5.69 Å². The Morgan fingerprint density at radius 3 is 3.00 bits per heavy atom. The van der Waals surface area contributed by atoms with Gasteiger partial charge in [-0.25, -0.2) is 14.4 Å². The Morgan fingerprint density at radius 1 is 1.33 bits per heavy atom. The number of anilines is 1. The Bertz CT molecular complexity index is 943. The van der Waals surface area contributed by atoms with Crippen molar-refractivity contribution in [1.82, 2.24) is 20.2 Å². The Labute approximate surface area is 159 Å². The lowest BCUT2D eigenvalue weighted by Gasteiger charge is -2.37. The number of rotatable bonds is 4. The second-order valence-electron chi connectivity index (χ2n) is 7.64. The highest BCUT2D eigenvalue weighted by atomic mass is 19.1. The number of hydrogen-bond acceptors (Lipinski definition) is 5. The van der Waals surface area contributed by atoms with Crippen LogP contribution >= 0.6 is 0 Å². The molecular formula is C20H27FN6. The van der Waals surface area contributed by atoms with Crippen molar-refractivity contribution in [3.63, 3.8) is 0 Å². The highest BCUT2D eigenvalue weighted by Gasteiger charge is 2.28. The summed E-state index contributed by atoms with van der Waals surface area (Å²) in [5.41, 5.74) is 7.79. The van der Waals surface area contributed by atoms with Crippen LogP contribution in [0.3, 0.4) is 0 Å². The summed E-state index contributed by atoms with van der Waals surface area (Å²) < 4.78 is 14.6. The number of halogens is 1. The van der Waals surface area contributed by atoms with Crippen LogP contribution in [-0.4, -0.2) is 39.3 Å². The van der Waals surface area contributed by atoms with Crippen molar-refractivity contribution in [2.24, 2.45) is 17.6 Å². The van der Waals surface area contributed by atoms with Crippen molar-refractivity contribution in [3.8, 4) is 11.4 Å². The summed E-state index contributed by atoms with van der Waals surface area (Å²) in [5, 5.41) is 7.81. The molecule has 2 atom stereocenters. The molecule has 1 fully saturated rings. The van der Waals surface area contributed by atoms with Gasteiger partial charge in [-0.05, 0) is 48.9 Å². The van der Waals surface area contributed by atoms with E-state index in [1.807, 2.05) is 12.1 Å². The number of piperidine rings is 1. The van der Waals surface area contributed by atoms with Gasteiger partial charge in [-0.1, -0.05) is 13.8 Å². The highest BCUT2D eigenvalue weighted by Crippen LogP contribution is 2.30. The van der Waals surface area contributed by atoms with E-state index in [1.54, 1.807) is 12.3 Å². The molecule has 3 aromatic heterocycles. The van der Waals surface area contributed by atoms with Crippen LogP contribution in [-0.2, 0) is 0 Å². The number of nitrogens with two attached hydrogens (primary N) is 1. The summed E-state index contributed by atoms with van der Waals surface area (Å²) in [6, 6.07) is 7.07. The van der Waals surface area contributed by atoms with Gasteiger partial charge in [-0.3, -0.25) is 5.10 Å². The van der Waals surface area contributed by atoms with Crippen molar-refractivity contribution in [1.29, 1.82) is 0 Å². The molecule has 1 aliphatic heterocycles. The Balaban J connectivity index is 0.00000225. The van der Waals surface area contributed by atoms with E-state index in [4.69, 9.17) is 5.73 Å². The van der Waals surface area contributed by atoms with Crippen LogP contribution in [0.2, 0.25) is 0 Å². The van der Waals surface area contributed by atoms with E-state index in [-0.39, 0.29) is 19.0 Å². The number of fused-ring (bicyclic) bond motifs is 1. The van der Waals surface area contributed by atoms with Crippen LogP contribution in [0.4, 0.5) is 10.2 Å². The molecule has 0 amide bonds.